The van der Waals surface area contributed by atoms with E-state index in [1.807, 2.05) is 0 Å². The third-order valence-electron chi connectivity index (χ3n) is 4.35. The smallest absolute Gasteiger partial charge is 0.326 e. The molecule has 3 atom stereocenters. The van der Waals surface area contributed by atoms with Crippen LogP contribution in [0.2, 0.25) is 0 Å². The van der Waals surface area contributed by atoms with Crippen molar-refractivity contribution in [2.24, 2.45) is 11.8 Å². The van der Waals surface area contributed by atoms with E-state index in [2.05, 4.69) is 20.9 Å². The van der Waals surface area contributed by atoms with Gasteiger partial charge in [0, 0.05) is 17.2 Å². The number of carbonyl (C=O) groups is 2. The predicted molar refractivity (Wildman–Crippen MR) is 75.2 cm³/mol. The zero-order valence-electron chi connectivity index (χ0n) is 10.8. The van der Waals surface area contributed by atoms with Crippen LogP contribution in [0.1, 0.15) is 29.8 Å². The molecule has 3 rings (SSSR count). The van der Waals surface area contributed by atoms with Crippen LogP contribution in [0.15, 0.2) is 22.8 Å². The first-order valence-corrected chi connectivity index (χ1v) is 7.52. The number of nitrogens with zero attached hydrogens (tertiary/aromatic N) is 2. The Balaban J connectivity index is 1.87. The maximum absolute atomic E-state index is 12.5. The molecule has 1 aromatic heterocycles. The van der Waals surface area contributed by atoms with Crippen molar-refractivity contribution in [3.8, 4) is 0 Å². The lowest BCUT2D eigenvalue weighted by Gasteiger charge is -2.24. The Labute approximate surface area is 125 Å². The number of hydrogen-bond acceptors (Lipinski definition) is 3. The lowest BCUT2D eigenvalue weighted by Crippen LogP contribution is -2.43. The molecule has 1 aliphatic carbocycles. The lowest BCUT2D eigenvalue weighted by atomic mass is 9.94. The highest BCUT2D eigenvalue weighted by Crippen LogP contribution is 2.42. The molecule has 5 nitrogen and oxygen atoms in total. The van der Waals surface area contributed by atoms with Gasteiger partial charge in [-0.05, 0) is 52.7 Å². The molecule has 106 valence electrons. The minimum Gasteiger partial charge on any atom is -0.480 e. The van der Waals surface area contributed by atoms with Crippen molar-refractivity contribution in [3.63, 3.8) is 0 Å². The molecule has 2 heterocycles. The minimum absolute atomic E-state index is 0.104. The number of rotatable bonds is 2. The topological polar surface area (TPSA) is 70.5 Å². The summed E-state index contributed by atoms with van der Waals surface area (Å²) >= 11 is 3.27. The van der Waals surface area contributed by atoms with Crippen LogP contribution in [-0.2, 0) is 4.79 Å². The Bertz CT molecular complexity index is 546. The summed E-state index contributed by atoms with van der Waals surface area (Å²) in [6.07, 6.45) is 4.54. The number of halogens is 1. The SMILES string of the molecule is O=C(O)C1C2CCCC2CN1C(=O)c1ccc(Br)cn1. The van der Waals surface area contributed by atoms with Crippen molar-refractivity contribution >= 4 is 27.8 Å². The molecule has 0 aromatic carbocycles. The largest absolute Gasteiger partial charge is 0.480 e. The fourth-order valence-corrected chi connectivity index (χ4v) is 3.71. The number of pyridine rings is 1. The average molecular weight is 339 g/mol. The monoisotopic (exact) mass is 338 g/mol. The van der Waals surface area contributed by atoms with Crippen LogP contribution < -0.4 is 0 Å². The van der Waals surface area contributed by atoms with Crippen LogP contribution in [0.3, 0.4) is 0 Å². The summed E-state index contributed by atoms with van der Waals surface area (Å²) in [6, 6.07) is 2.67. The summed E-state index contributed by atoms with van der Waals surface area (Å²) in [6.45, 7) is 0.540. The Morgan fingerprint density at radius 3 is 2.80 bits per heavy atom. The van der Waals surface area contributed by atoms with Gasteiger partial charge in [0.1, 0.15) is 11.7 Å². The normalized spacial score (nSPS) is 28.4. The van der Waals surface area contributed by atoms with Gasteiger partial charge in [0.25, 0.3) is 5.91 Å². The molecule has 1 aromatic rings. The number of aromatic nitrogens is 1. The van der Waals surface area contributed by atoms with Gasteiger partial charge in [0.15, 0.2) is 0 Å². The maximum Gasteiger partial charge on any atom is 0.326 e. The molecule has 0 bridgehead atoms. The average Bonchev–Trinajstić information content (AvgIpc) is 2.97. The molecule has 1 aliphatic heterocycles. The summed E-state index contributed by atoms with van der Waals surface area (Å²) < 4.78 is 0.794. The van der Waals surface area contributed by atoms with E-state index in [0.717, 1.165) is 23.7 Å². The molecule has 3 unspecified atom stereocenters. The first kappa shape index (κ1) is 13.5. The van der Waals surface area contributed by atoms with Crippen molar-refractivity contribution in [3.05, 3.63) is 28.5 Å². The first-order valence-electron chi connectivity index (χ1n) is 6.73. The van der Waals surface area contributed by atoms with Crippen molar-refractivity contribution in [1.29, 1.82) is 0 Å². The van der Waals surface area contributed by atoms with Crippen LogP contribution in [0, 0.1) is 11.8 Å². The Morgan fingerprint density at radius 1 is 1.35 bits per heavy atom. The van der Waals surface area contributed by atoms with Crippen molar-refractivity contribution in [1.82, 2.24) is 9.88 Å². The highest BCUT2D eigenvalue weighted by Gasteiger charge is 2.49. The zero-order valence-corrected chi connectivity index (χ0v) is 12.4. The molecule has 0 spiro atoms. The second-order valence-electron chi connectivity index (χ2n) is 5.46. The van der Waals surface area contributed by atoms with Gasteiger partial charge < -0.3 is 10.0 Å². The molecule has 0 radical (unpaired) electrons. The van der Waals surface area contributed by atoms with Crippen LogP contribution in [-0.4, -0.2) is 39.5 Å². The number of likely N-dealkylation sites (tertiary alicyclic amines) is 1. The van der Waals surface area contributed by atoms with E-state index < -0.39 is 12.0 Å². The van der Waals surface area contributed by atoms with Gasteiger partial charge in [-0.2, -0.15) is 0 Å². The van der Waals surface area contributed by atoms with Gasteiger partial charge in [-0.25, -0.2) is 9.78 Å². The van der Waals surface area contributed by atoms with Crippen molar-refractivity contribution in [2.75, 3.05) is 6.54 Å². The molecule has 6 heteroatoms. The minimum atomic E-state index is -0.898. The van der Waals surface area contributed by atoms with E-state index in [9.17, 15) is 14.7 Å². The number of hydrogen-bond donors (Lipinski definition) is 1. The molecule has 1 saturated carbocycles. The molecule has 2 aliphatic rings. The highest BCUT2D eigenvalue weighted by atomic mass is 79.9. The third-order valence-corrected chi connectivity index (χ3v) is 4.82. The number of aliphatic carboxylic acids is 1. The summed E-state index contributed by atoms with van der Waals surface area (Å²) in [4.78, 5) is 29.6. The number of amides is 1. The van der Waals surface area contributed by atoms with E-state index in [4.69, 9.17) is 0 Å². The van der Waals surface area contributed by atoms with Crippen LogP contribution >= 0.6 is 15.9 Å². The van der Waals surface area contributed by atoms with E-state index in [0.29, 0.717) is 18.2 Å². The summed E-state index contributed by atoms with van der Waals surface area (Å²) in [5.41, 5.74) is 0.305. The summed E-state index contributed by atoms with van der Waals surface area (Å²) in [5.74, 6) is -0.744. The van der Waals surface area contributed by atoms with Gasteiger partial charge in [0.05, 0.1) is 0 Å². The molecule has 20 heavy (non-hydrogen) atoms. The third kappa shape index (κ3) is 2.22. The molecular weight excluding hydrogens is 324 g/mol. The van der Waals surface area contributed by atoms with Crippen LogP contribution in [0.25, 0.3) is 0 Å². The fraction of sp³-hybridized carbons (Fsp3) is 0.500. The zero-order chi connectivity index (χ0) is 14.3. The molecular formula is C14H15BrN2O3. The molecule has 1 N–H and O–H groups in total. The van der Waals surface area contributed by atoms with Crippen molar-refractivity contribution in [2.45, 2.75) is 25.3 Å². The molecule has 1 saturated heterocycles. The number of carboxylic acid groups (broad SMARTS) is 1. The molecule has 1 amide bonds. The standard InChI is InChI=1S/C14H15BrN2O3/c15-9-4-5-11(16-6-9)13(18)17-7-8-2-1-3-10(8)12(17)14(19)20/h4-6,8,10,12H,1-3,7H2,(H,19,20). The van der Waals surface area contributed by atoms with Gasteiger partial charge in [-0.3, -0.25) is 4.79 Å². The van der Waals surface area contributed by atoms with E-state index in [-0.39, 0.29) is 11.8 Å². The van der Waals surface area contributed by atoms with Gasteiger partial charge in [-0.1, -0.05) is 6.42 Å². The summed E-state index contributed by atoms with van der Waals surface area (Å²) in [5, 5.41) is 9.45. The Morgan fingerprint density at radius 2 is 2.15 bits per heavy atom. The number of fused-ring (bicyclic) bond motifs is 1. The van der Waals surface area contributed by atoms with E-state index in [1.54, 1.807) is 18.3 Å². The van der Waals surface area contributed by atoms with Crippen LogP contribution in [0.5, 0.6) is 0 Å². The Kier molecular flexibility index (Phi) is 3.50. The number of carboxylic acids is 1. The van der Waals surface area contributed by atoms with Crippen molar-refractivity contribution < 1.29 is 14.7 Å². The summed E-state index contributed by atoms with van der Waals surface area (Å²) in [7, 11) is 0. The lowest BCUT2D eigenvalue weighted by molar-refractivity contribution is -0.142. The highest BCUT2D eigenvalue weighted by molar-refractivity contribution is 9.10. The predicted octanol–water partition coefficient (Wildman–Crippen LogP) is 2.17. The van der Waals surface area contributed by atoms with E-state index in [1.165, 1.54) is 4.90 Å². The van der Waals surface area contributed by atoms with Gasteiger partial charge in [0.2, 0.25) is 0 Å². The molecule has 2 fully saturated rings. The Hall–Kier alpha value is -1.43. The second-order valence-corrected chi connectivity index (χ2v) is 6.37. The van der Waals surface area contributed by atoms with E-state index >= 15 is 0 Å². The fourth-order valence-electron chi connectivity index (χ4n) is 3.48. The van der Waals surface area contributed by atoms with Crippen LogP contribution in [0.4, 0.5) is 0 Å². The number of carbonyl (C=O) groups excluding carboxylic acids is 1. The van der Waals surface area contributed by atoms with Gasteiger partial charge in [-0.15, -0.1) is 0 Å². The second kappa shape index (κ2) is 5.16. The maximum atomic E-state index is 12.5. The first-order chi connectivity index (χ1) is 9.58. The van der Waals surface area contributed by atoms with Gasteiger partial charge >= 0.3 is 5.97 Å². The quantitative estimate of drug-likeness (QED) is 0.897.